The minimum absolute atomic E-state index is 0.0506. The number of hydrogen-bond donors (Lipinski definition) is 1. The van der Waals surface area contributed by atoms with Crippen LogP contribution in [0.1, 0.15) is 5.56 Å². The Morgan fingerprint density at radius 2 is 1.53 bits per heavy atom. The predicted molar refractivity (Wildman–Crippen MR) is 130 cm³/mol. The highest BCUT2D eigenvalue weighted by molar-refractivity contribution is 7.92. The first kappa shape index (κ1) is 25.2. The van der Waals surface area contributed by atoms with E-state index in [2.05, 4.69) is 5.32 Å². The van der Waals surface area contributed by atoms with Crippen molar-refractivity contribution in [3.05, 3.63) is 77.3 Å². The van der Waals surface area contributed by atoms with Gasteiger partial charge in [0, 0.05) is 6.54 Å². The molecule has 34 heavy (non-hydrogen) atoms. The molecule has 0 atom stereocenters. The number of hydrogen-bond acceptors (Lipinski definition) is 6. The summed E-state index contributed by atoms with van der Waals surface area (Å²) in [5, 5.41) is 2.97. The highest BCUT2D eigenvalue weighted by Crippen LogP contribution is 2.32. The van der Waals surface area contributed by atoms with Crippen LogP contribution < -0.4 is 23.8 Å². The van der Waals surface area contributed by atoms with Crippen LogP contribution in [0.25, 0.3) is 0 Å². The van der Waals surface area contributed by atoms with Gasteiger partial charge in [0.05, 0.1) is 36.9 Å². The van der Waals surface area contributed by atoms with Gasteiger partial charge in [0.15, 0.2) is 11.5 Å². The number of benzene rings is 3. The lowest BCUT2D eigenvalue weighted by Gasteiger charge is -2.24. The predicted octanol–water partition coefficient (Wildman–Crippen LogP) is 3.88. The van der Waals surface area contributed by atoms with Gasteiger partial charge >= 0.3 is 0 Å². The van der Waals surface area contributed by atoms with Gasteiger partial charge in [-0.3, -0.25) is 9.10 Å². The smallest absolute Gasteiger partial charge is 0.264 e. The number of halogens is 1. The van der Waals surface area contributed by atoms with Gasteiger partial charge in [-0.15, -0.1) is 0 Å². The van der Waals surface area contributed by atoms with Crippen LogP contribution in [-0.2, 0) is 21.4 Å². The maximum Gasteiger partial charge on any atom is 0.264 e. The van der Waals surface area contributed by atoms with E-state index in [0.29, 0.717) is 17.2 Å². The van der Waals surface area contributed by atoms with Crippen molar-refractivity contribution in [1.29, 1.82) is 0 Å². The number of nitrogens with one attached hydrogen (secondary N) is 1. The number of sulfonamides is 1. The Bertz CT molecular complexity index is 1250. The molecule has 0 aliphatic heterocycles. The van der Waals surface area contributed by atoms with Crippen molar-refractivity contribution >= 4 is 33.2 Å². The first-order chi connectivity index (χ1) is 16.3. The van der Waals surface area contributed by atoms with Crippen molar-refractivity contribution in [3.63, 3.8) is 0 Å². The summed E-state index contributed by atoms with van der Waals surface area (Å²) < 4.78 is 43.5. The maximum atomic E-state index is 13.4. The molecule has 0 aliphatic rings. The van der Waals surface area contributed by atoms with E-state index in [1.54, 1.807) is 42.5 Å². The van der Waals surface area contributed by atoms with Crippen LogP contribution >= 0.6 is 11.6 Å². The number of amides is 1. The van der Waals surface area contributed by atoms with E-state index in [1.165, 1.54) is 45.6 Å². The van der Waals surface area contributed by atoms with Crippen molar-refractivity contribution in [2.75, 3.05) is 32.2 Å². The molecule has 0 fully saturated rings. The lowest BCUT2D eigenvalue weighted by atomic mass is 10.2. The summed E-state index contributed by atoms with van der Waals surface area (Å²) in [5.74, 6) is 0.978. The quantitative estimate of drug-likeness (QED) is 0.450. The van der Waals surface area contributed by atoms with Gasteiger partial charge < -0.3 is 19.5 Å². The lowest BCUT2D eigenvalue weighted by molar-refractivity contribution is -0.119. The molecule has 1 amide bonds. The summed E-state index contributed by atoms with van der Waals surface area (Å²) in [6.45, 7) is -0.283. The van der Waals surface area contributed by atoms with Gasteiger partial charge in [0.1, 0.15) is 12.3 Å². The second-order valence-electron chi connectivity index (χ2n) is 7.11. The molecule has 0 radical (unpaired) electrons. The highest BCUT2D eigenvalue weighted by atomic mass is 35.5. The zero-order valence-corrected chi connectivity index (χ0v) is 20.5. The topological polar surface area (TPSA) is 94.2 Å². The molecule has 10 heteroatoms. The summed E-state index contributed by atoms with van der Waals surface area (Å²) in [6.07, 6.45) is 0. The van der Waals surface area contributed by atoms with E-state index in [-0.39, 0.29) is 22.2 Å². The van der Waals surface area contributed by atoms with Crippen LogP contribution in [0.2, 0.25) is 5.02 Å². The van der Waals surface area contributed by atoms with Crippen LogP contribution in [0.15, 0.2) is 71.6 Å². The van der Waals surface area contributed by atoms with Crippen molar-refractivity contribution in [2.45, 2.75) is 11.4 Å². The van der Waals surface area contributed by atoms with Crippen molar-refractivity contribution in [1.82, 2.24) is 5.32 Å². The zero-order valence-electron chi connectivity index (χ0n) is 18.9. The average molecular weight is 505 g/mol. The number of carbonyl (C=O) groups is 1. The van der Waals surface area contributed by atoms with Crippen molar-refractivity contribution in [3.8, 4) is 17.2 Å². The first-order valence-electron chi connectivity index (χ1n) is 10.2. The molecule has 0 saturated carbocycles. The highest BCUT2D eigenvalue weighted by Gasteiger charge is 2.27. The number of carbonyl (C=O) groups excluding carboxylic acids is 1. The number of anilines is 1. The lowest BCUT2D eigenvalue weighted by Crippen LogP contribution is -2.40. The van der Waals surface area contributed by atoms with Gasteiger partial charge in [-0.2, -0.15) is 0 Å². The van der Waals surface area contributed by atoms with Crippen LogP contribution in [0.3, 0.4) is 0 Å². The molecule has 180 valence electrons. The summed E-state index contributed by atoms with van der Waals surface area (Å²) >= 11 is 6.23. The Morgan fingerprint density at radius 1 is 0.882 bits per heavy atom. The summed E-state index contributed by atoms with van der Waals surface area (Å²) in [7, 11) is 0.462. The van der Waals surface area contributed by atoms with Crippen molar-refractivity contribution < 1.29 is 27.4 Å². The van der Waals surface area contributed by atoms with Gasteiger partial charge in [-0.25, -0.2) is 8.42 Å². The molecule has 1 N–H and O–H groups in total. The summed E-state index contributed by atoms with van der Waals surface area (Å²) in [4.78, 5) is 12.9. The van der Waals surface area contributed by atoms with Crippen LogP contribution in [0, 0.1) is 0 Å². The Balaban J connectivity index is 1.85. The minimum Gasteiger partial charge on any atom is -0.495 e. The molecule has 0 saturated heterocycles. The molecule has 0 heterocycles. The second kappa shape index (κ2) is 11.1. The second-order valence-corrected chi connectivity index (χ2v) is 9.38. The molecule has 0 aromatic heterocycles. The molecule has 8 nitrogen and oxygen atoms in total. The van der Waals surface area contributed by atoms with E-state index >= 15 is 0 Å². The van der Waals surface area contributed by atoms with Crippen LogP contribution in [0.5, 0.6) is 17.2 Å². The number of methoxy groups -OCH3 is 3. The van der Waals surface area contributed by atoms with Crippen LogP contribution in [0.4, 0.5) is 5.69 Å². The molecular weight excluding hydrogens is 480 g/mol. The minimum atomic E-state index is -4.05. The summed E-state index contributed by atoms with van der Waals surface area (Å²) in [5.41, 5.74) is 0.992. The van der Waals surface area contributed by atoms with E-state index in [4.69, 9.17) is 25.8 Å². The van der Waals surface area contributed by atoms with E-state index < -0.39 is 22.5 Å². The first-order valence-corrected chi connectivity index (χ1v) is 12.0. The Labute approximate surface area is 204 Å². The molecular formula is C24H25ClN2O6S. The standard InChI is InChI=1S/C24H25ClN2O6S/c1-31-21-12-10-18(14-20(21)25)27(34(29,30)19-7-5-4-6-8-19)16-24(28)26-15-17-9-11-22(32-2)23(13-17)33-3/h4-14H,15-16H2,1-3H3,(H,26,28). The third-order valence-electron chi connectivity index (χ3n) is 4.98. The molecule has 3 rings (SSSR count). The Morgan fingerprint density at radius 3 is 2.15 bits per heavy atom. The fourth-order valence-corrected chi connectivity index (χ4v) is 4.91. The van der Waals surface area contributed by atoms with Gasteiger partial charge in [-0.05, 0) is 48.0 Å². The monoisotopic (exact) mass is 504 g/mol. The average Bonchev–Trinajstić information content (AvgIpc) is 2.86. The van der Waals surface area contributed by atoms with Gasteiger partial charge in [0.2, 0.25) is 5.91 Å². The molecule has 0 unspecified atom stereocenters. The van der Waals surface area contributed by atoms with E-state index in [0.717, 1.165) is 9.87 Å². The maximum absolute atomic E-state index is 13.4. The SMILES string of the molecule is COc1ccc(N(CC(=O)NCc2ccc(OC)c(OC)c2)S(=O)(=O)c2ccccc2)cc1Cl. The number of ether oxygens (including phenoxy) is 3. The van der Waals surface area contributed by atoms with Crippen LogP contribution in [-0.4, -0.2) is 42.2 Å². The molecule has 0 bridgehead atoms. The molecule has 3 aromatic carbocycles. The number of rotatable bonds is 10. The Hall–Kier alpha value is -3.43. The third-order valence-corrected chi connectivity index (χ3v) is 7.06. The van der Waals surface area contributed by atoms with E-state index in [1.807, 2.05) is 0 Å². The van der Waals surface area contributed by atoms with Crippen molar-refractivity contribution in [2.24, 2.45) is 0 Å². The molecule has 0 aliphatic carbocycles. The summed E-state index contributed by atoms with van der Waals surface area (Å²) in [6, 6.07) is 17.7. The third kappa shape index (κ3) is 5.73. The van der Waals surface area contributed by atoms with Gasteiger partial charge in [0.25, 0.3) is 10.0 Å². The fourth-order valence-electron chi connectivity index (χ4n) is 3.22. The normalized spacial score (nSPS) is 10.9. The largest absolute Gasteiger partial charge is 0.495 e. The fraction of sp³-hybridized carbons (Fsp3) is 0.208. The van der Waals surface area contributed by atoms with Gasteiger partial charge in [-0.1, -0.05) is 35.9 Å². The number of nitrogens with zero attached hydrogens (tertiary/aromatic N) is 1. The molecule has 0 spiro atoms. The van der Waals surface area contributed by atoms with E-state index in [9.17, 15) is 13.2 Å². The molecule has 3 aromatic rings. The Kier molecular flexibility index (Phi) is 8.25. The zero-order chi connectivity index (χ0) is 24.7.